The first-order valence-corrected chi connectivity index (χ1v) is 10.8. The molecule has 0 amide bonds. The summed E-state index contributed by atoms with van der Waals surface area (Å²) in [6.07, 6.45) is -14.5. The average molecular weight is 533 g/mol. The van der Waals surface area contributed by atoms with E-state index in [1.807, 2.05) is 6.92 Å². The SMILES string of the molecule is CCCCOCC(C)Oc1cc(C(F)(F)F)nc(=Nc2ccc(C(F)(F)F)cc2C(F)(F)F)n1CC. The van der Waals surface area contributed by atoms with Crippen LogP contribution >= 0.6 is 0 Å². The molecule has 5 nitrogen and oxygen atoms in total. The van der Waals surface area contributed by atoms with Crippen molar-refractivity contribution >= 4 is 5.69 Å². The minimum absolute atomic E-state index is 0.0248. The Bertz CT molecular complexity index is 1090. The maximum atomic E-state index is 13.5. The summed E-state index contributed by atoms with van der Waals surface area (Å²) in [7, 11) is 0. The molecule has 1 unspecified atom stereocenters. The van der Waals surface area contributed by atoms with E-state index >= 15 is 0 Å². The van der Waals surface area contributed by atoms with E-state index in [1.54, 1.807) is 0 Å². The lowest BCUT2D eigenvalue weighted by atomic mass is 10.1. The van der Waals surface area contributed by atoms with Crippen molar-refractivity contribution in [2.75, 3.05) is 13.2 Å². The van der Waals surface area contributed by atoms with Crippen LogP contribution in [0, 0.1) is 0 Å². The summed E-state index contributed by atoms with van der Waals surface area (Å²) in [6.45, 7) is 5.22. The highest BCUT2D eigenvalue weighted by Gasteiger charge is 2.39. The largest absolute Gasteiger partial charge is 0.473 e. The van der Waals surface area contributed by atoms with Crippen molar-refractivity contribution < 1.29 is 49.0 Å². The van der Waals surface area contributed by atoms with Crippen LogP contribution < -0.4 is 10.4 Å². The summed E-state index contributed by atoms with van der Waals surface area (Å²) in [5, 5.41) is 0. The second kappa shape index (κ2) is 11.5. The molecule has 0 radical (unpaired) electrons. The second-order valence-corrected chi connectivity index (χ2v) is 7.72. The summed E-state index contributed by atoms with van der Waals surface area (Å²) in [5.74, 6) is -0.398. The number of halogens is 9. The summed E-state index contributed by atoms with van der Waals surface area (Å²) in [6, 6.07) is 1.20. The third-order valence-electron chi connectivity index (χ3n) is 4.76. The quantitative estimate of drug-likeness (QED) is 0.264. The summed E-state index contributed by atoms with van der Waals surface area (Å²) in [5.41, 5.74) is -6.73. The number of benzene rings is 1. The van der Waals surface area contributed by atoms with Gasteiger partial charge < -0.3 is 9.47 Å². The first kappa shape index (κ1) is 29.5. The lowest BCUT2D eigenvalue weighted by Crippen LogP contribution is -2.31. The van der Waals surface area contributed by atoms with Crippen LogP contribution in [0.4, 0.5) is 45.2 Å². The molecule has 0 aliphatic rings. The van der Waals surface area contributed by atoms with Crippen LogP contribution in [0.1, 0.15) is 50.4 Å². The number of unbranched alkanes of at least 4 members (excludes halogenated alkanes) is 1. The van der Waals surface area contributed by atoms with Gasteiger partial charge in [0.1, 0.15) is 6.10 Å². The lowest BCUT2D eigenvalue weighted by molar-refractivity contribution is -0.143. The lowest BCUT2D eigenvalue weighted by Gasteiger charge is -2.20. The number of rotatable bonds is 9. The summed E-state index contributed by atoms with van der Waals surface area (Å²) < 4.78 is 132. The maximum Gasteiger partial charge on any atom is 0.433 e. The molecule has 0 saturated heterocycles. The Morgan fingerprint density at radius 3 is 2.14 bits per heavy atom. The molecule has 1 heterocycles. The topological polar surface area (TPSA) is 48.6 Å². The van der Waals surface area contributed by atoms with Crippen LogP contribution in [0.25, 0.3) is 0 Å². The van der Waals surface area contributed by atoms with Gasteiger partial charge in [0.05, 0.1) is 23.4 Å². The number of hydrogen-bond donors (Lipinski definition) is 0. The molecule has 14 heteroatoms. The van der Waals surface area contributed by atoms with E-state index in [4.69, 9.17) is 9.47 Å². The Kier molecular flexibility index (Phi) is 9.43. The van der Waals surface area contributed by atoms with Crippen LogP contribution in [0.15, 0.2) is 29.3 Å². The number of nitrogens with zero attached hydrogens (tertiary/aromatic N) is 3. The van der Waals surface area contributed by atoms with Crippen LogP contribution in [-0.4, -0.2) is 28.9 Å². The Morgan fingerprint density at radius 2 is 1.61 bits per heavy atom. The number of hydrogen-bond acceptors (Lipinski definition) is 4. The van der Waals surface area contributed by atoms with Gasteiger partial charge >= 0.3 is 18.5 Å². The van der Waals surface area contributed by atoms with Gasteiger partial charge in [0.25, 0.3) is 0 Å². The molecule has 202 valence electrons. The molecule has 2 rings (SSSR count). The van der Waals surface area contributed by atoms with E-state index < -0.39 is 58.6 Å². The van der Waals surface area contributed by atoms with E-state index in [0.717, 1.165) is 17.4 Å². The van der Waals surface area contributed by atoms with Crippen molar-refractivity contribution in [2.24, 2.45) is 4.99 Å². The zero-order chi connectivity index (χ0) is 27.3. The molecule has 0 aliphatic carbocycles. The van der Waals surface area contributed by atoms with Gasteiger partial charge in [-0.15, -0.1) is 0 Å². The van der Waals surface area contributed by atoms with Crippen molar-refractivity contribution in [2.45, 2.75) is 64.8 Å². The van der Waals surface area contributed by atoms with Gasteiger partial charge in [-0.1, -0.05) is 13.3 Å². The Labute approximate surface area is 200 Å². The minimum Gasteiger partial charge on any atom is -0.473 e. The Morgan fingerprint density at radius 1 is 0.944 bits per heavy atom. The Balaban J connectivity index is 2.67. The third-order valence-corrected chi connectivity index (χ3v) is 4.76. The molecule has 1 aromatic heterocycles. The van der Waals surface area contributed by atoms with Crippen LogP contribution in [0.5, 0.6) is 5.88 Å². The number of aromatic nitrogens is 2. The zero-order valence-electron chi connectivity index (χ0n) is 19.5. The van der Waals surface area contributed by atoms with Crippen LogP contribution in [0.2, 0.25) is 0 Å². The van der Waals surface area contributed by atoms with E-state index in [-0.39, 0.29) is 19.2 Å². The minimum atomic E-state index is -5.28. The fourth-order valence-corrected chi connectivity index (χ4v) is 3.00. The van der Waals surface area contributed by atoms with Crippen molar-refractivity contribution in [3.8, 4) is 5.88 Å². The van der Waals surface area contributed by atoms with Crippen molar-refractivity contribution in [1.82, 2.24) is 9.55 Å². The molecule has 0 bridgehead atoms. The van der Waals surface area contributed by atoms with Crippen molar-refractivity contribution in [3.05, 3.63) is 46.7 Å². The molecular formula is C22H24F9N3O2. The molecule has 0 saturated carbocycles. The van der Waals surface area contributed by atoms with Gasteiger partial charge in [-0.25, -0.2) is 9.98 Å². The van der Waals surface area contributed by atoms with Gasteiger partial charge in [0.15, 0.2) is 11.6 Å². The molecule has 2 aromatic rings. The highest BCUT2D eigenvalue weighted by atomic mass is 19.4. The van der Waals surface area contributed by atoms with Crippen LogP contribution in [0.3, 0.4) is 0 Å². The van der Waals surface area contributed by atoms with E-state index in [2.05, 4.69) is 9.98 Å². The average Bonchev–Trinajstić information content (AvgIpc) is 2.74. The van der Waals surface area contributed by atoms with Gasteiger partial charge in [-0.3, -0.25) is 4.57 Å². The van der Waals surface area contributed by atoms with Gasteiger partial charge in [-0.05, 0) is 38.5 Å². The fraction of sp³-hybridized carbons (Fsp3) is 0.545. The van der Waals surface area contributed by atoms with Gasteiger partial charge in [0.2, 0.25) is 5.62 Å². The first-order chi connectivity index (χ1) is 16.6. The second-order valence-electron chi connectivity index (χ2n) is 7.72. The van der Waals surface area contributed by atoms with Crippen molar-refractivity contribution in [3.63, 3.8) is 0 Å². The van der Waals surface area contributed by atoms with Gasteiger partial charge in [0, 0.05) is 19.2 Å². The Hall–Kier alpha value is -2.77. The predicted octanol–water partition coefficient (Wildman–Crippen LogP) is 6.78. The summed E-state index contributed by atoms with van der Waals surface area (Å²) >= 11 is 0. The van der Waals surface area contributed by atoms with Crippen molar-refractivity contribution in [1.29, 1.82) is 0 Å². The van der Waals surface area contributed by atoms with Crippen LogP contribution in [-0.2, 0) is 29.8 Å². The molecule has 0 fully saturated rings. The monoisotopic (exact) mass is 533 g/mol. The standard InChI is InChI=1S/C22H24F9N3O2/c1-4-6-9-35-12-13(3)36-18-11-17(22(29,30)31)33-19(34(18)5-2)32-16-8-7-14(20(23,24)25)10-15(16)21(26,27)28/h7-8,10-11,13H,4-6,9,12H2,1-3H3. The highest BCUT2D eigenvalue weighted by molar-refractivity contribution is 5.50. The van der Waals surface area contributed by atoms with E-state index in [9.17, 15) is 39.5 Å². The smallest absolute Gasteiger partial charge is 0.433 e. The highest BCUT2D eigenvalue weighted by Crippen LogP contribution is 2.40. The number of ether oxygens (including phenoxy) is 2. The number of alkyl halides is 9. The predicted molar refractivity (Wildman–Crippen MR) is 110 cm³/mol. The van der Waals surface area contributed by atoms with E-state index in [1.165, 1.54) is 13.8 Å². The molecule has 0 N–H and O–H groups in total. The molecule has 0 aliphatic heterocycles. The molecular weight excluding hydrogens is 509 g/mol. The maximum absolute atomic E-state index is 13.5. The third kappa shape index (κ3) is 7.87. The van der Waals surface area contributed by atoms with E-state index in [0.29, 0.717) is 24.8 Å². The normalized spacial score (nSPS) is 14.3. The zero-order valence-corrected chi connectivity index (χ0v) is 19.5. The fourth-order valence-electron chi connectivity index (χ4n) is 3.00. The van der Waals surface area contributed by atoms with Gasteiger partial charge in [-0.2, -0.15) is 39.5 Å². The molecule has 36 heavy (non-hydrogen) atoms. The molecule has 1 aromatic carbocycles. The summed E-state index contributed by atoms with van der Waals surface area (Å²) in [4.78, 5) is 6.91. The first-order valence-electron chi connectivity index (χ1n) is 10.8. The molecule has 1 atom stereocenters. The molecule has 0 spiro atoms.